The van der Waals surface area contributed by atoms with Gasteiger partial charge in [0, 0.05) is 6.54 Å². The van der Waals surface area contributed by atoms with Gasteiger partial charge in [0.15, 0.2) is 18.1 Å². The number of nitro benzene ring substituents is 1. The Labute approximate surface area is 115 Å². The molecule has 0 atom stereocenters. The van der Waals surface area contributed by atoms with Crippen LogP contribution in [0.5, 0.6) is 11.5 Å². The summed E-state index contributed by atoms with van der Waals surface area (Å²) in [4.78, 5) is 21.6. The Kier molecular flexibility index (Phi) is 5.73. The Morgan fingerprint density at radius 1 is 1.45 bits per heavy atom. The van der Waals surface area contributed by atoms with Gasteiger partial charge < -0.3 is 19.9 Å². The number of rotatable bonds is 7. The molecule has 0 bridgehead atoms. The van der Waals surface area contributed by atoms with Crippen LogP contribution in [0.15, 0.2) is 12.1 Å². The molecule has 1 rings (SSSR count). The molecule has 1 aromatic carbocycles. The monoisotopic (exact) mass is 284 g/mol. The average molecular weight is 284 g/mol. The third kappa shape index (κ3) is 3.82. The van der Waals surface area contributed by atoms with Gasteiger partial charge in [0.25, 0.3) is 11.6 Å². The normalized spacial score (nSPS) is 9.95. The molecule has 0 saturated heterocycles. The topological polar surface area (TPSA) is 111 Å². The van der Waals surface area contributed by atoms with Gasteiger partial charge in [-0.25, -0.2) is 0 Å². The summed E-state index contributed by atoms with van der Waals surface area (Å²) in [5, 5.41) is 22.5. The third-order valence-corrected chi connectivity index (χ3v) is 2.46. The highest BCUT2D eigenvalue weighted by atomic mass is 16.6. The number of methoxy groups -OCH3 is 1. The van der Waals surface area contributed by atoms with Crippen molar-refractivity contribution in [2.75, 3.05) is 20.3 Å². The van der Waals surface area contributed by atoms with Gasteiger partial charge >= 0.3 is 0 Å². The first-order valence-electron chi connectivity index (χ1n) is 5.89. The molecule has 0 radical (unpaired) electrons. The second-order valence-electron chi connectivity index (χ2n) is 3.79. The van der Waals surface area contributed by atoms with Crippen molar-refractivity contribution in [1.82, 2.24) is 5.32 Å². The molecule has 8 heteroatoms. The van der Waals surface area contributed by atoms with Crippen molar-refractivity contribution >= 4 is 11.6 Å². The van der Waals surface area contributed by atoms with Crippen LogP contribution < -0.4 is 14.8 Å². The van der Waals surface area contributed by atoms with Gasteiger partial charge in [-0.15, -0.1) is 0 Å². The maximum atomic E-state index is 11.3. The number of ether oxygens (including phenoxy) is 2. The quantitative estimate of drug-likeness (QED) is 0.560. The third-order valence-electron chi connectivity index (χ3n) is 2.46. The van der Waals surface area contributed by atoms with E-state index in [4.69, 9.17) is 14.6 Å². The van der Waals surface area contributed by atoms with Crippen molar-refractivity contribution < 1.29 is 24.3 Å². The van der Waals surface area contributed by atoms with E-state index in [1.165, 1.54) is 13.2 Å². The van der Waals surface area contributed by atoms with Gasteiger partial charge in [0.2, 0.25) is 0 Å². The zero-order valence-corrected chi connectivity index (χ0v) is 11.2. The zero-order valence-electron chi connectivity index (χ0n) is 11.2. The molecule has 0 fully saturated rings. The number of aliphatic hydroxyl groups is 1. The van der Waals surface area contributed by atoms with Crippen LogP contribution in [0.25, 0.3) is 0 Å². The first kappa shape index (κ1) is 15.7. The smallest absolute Gasteiger partial charge is 0.278 e. The fourth-order valence-corrected chi connectivity index (χ4v) is 1.55. The van der Waals surface area contributed by atoms with Crippen LogP contribution in [-0.2, 0) is 11.4 Å². The van der Waals surface area contributed by atoms with Crippen LogP contribution >= 0.6 is 0 Å². The first-order chi connectivity index (χ1) is 9.53. The van der Waals surface area contributed by atoms with Gasteiger partial charge in [-0.3, -0.25) is 14.9 Å². The van der Waals surface area contributed by atoms with Crippen molar-refractivity contribution in [1.29, 1.82) is 0 Å². The van der Waals surface area contributed by atoms with Crippen molar-refractivity contribution in [2.45, 2.75) is 13.5 Å². The summed E-state index contributed by atoms with van der Waals surface area (Å²) < 4.78 is 10.2. The Morgan fingerprint density at radius 3 is 2.65 bits per heavy atom. The lowest BCUT2D eigenvalue weighted by atomic mass is 10.1. The Morgan fingerprint density at radius 2 is 2.15 bits per heavy atom. The summed E-state index contributed by atoms with van der Waals surface area (Å²) in [5.41, 5.74) is -0.184. The lowest BCUT2D eigenvalue weighted by Crippen LogP contribution is -2.28. The van der Waals surface area contributed by atoms with Crippen molar-refractivity contribution in [3.8, 4) is 11.5 Å². The predicted octanol–water partition coefficient (Wildman–Crippen LogP) is 0.611. The number of likely N-dealkylation sites (N-methyl/N-ethyl adjacent to an activating group) is 1. The molecule has 0 aromatic heterocycles. The highest BCUT2D eigenvalue weighted by Gasteiger charge is 2.19. The number of hydrogen-bond acceptors (Lipinski definition) is 6. The van der Waals surface area contributed by atoms with Crippen LogP contribution in [0, 0.1) is 10.1 Å². The molecule has 20 heavy (non-hydrogen) atoms. The van der Waals surface area contributed by atoms with Crippen molar-refractivity contribution in [3.05, 3.63) is 27.8 Å². The fourth-order valence-electron chi connectivity index (χ4n) is 1.55. The molecule has 8 nitrogen and oxygen atoms in total. The minimum absolute atomic E-state index is 0.0719. The summed E-state index contributed by atoms with van der Waals surface area (Å²) >= 11 is 0. The van der Waals surface area contributed by atoms with Gasteiger partial charge in [-0.2, -0.15) is 0 Å². The summed E-state index contributed by atoms with van der Waals surface area (Å²) in [6.45, 7) is 1.45. The highest BCUT2D eigenvalue weighted by molar-refractivity contribution is 5.77. The van der Waals surface area contributed by atoms with E-state index in [1.807, 2.05) is 0 Å². The van der Waals surface area contributed by atoms with E-state index in [-0.39, 0.29) is 35.3 Å². The first-order valence-corrected chi connectivity index (χ1v) is 5.89. The van der Waals surface area contributed by atoms with Crippen molar-refractivity contribution in [2.24, 2.45) is 0 Å². The molecule has 0 heterocycles. The van der Waals surface area contributed by atoms with Crippen LogP contribution in [0.3, 0.4) is 0 Å². The largest absolute Gasteiger partial charge is 0.493 e. The van der Waals surface area contributed by atoms with E-state index in [1.54, 1.807) is 6.92 Å². The summed E-state index contributed by atoms with van der Waals surface area (Å²) in [5.74, 6) is -0.0601. The summed E-state index contributed by atoms with van der Waals surface area (Å²) in [6, 6.07) is 2.44. The molecule has 0 spiro atoms. The number of nitrogens with zero attached hydrogens (tertiary/aromatic N) is 1. The van der Waals surface area contributed by atoms with E-state index < -0.39 is 11.5 Å². The number of hydrogen-bond donors (Lipinski definition) is 2. The molecule has 1 aromatic rings. The summed E-state index contributed by atoms with van der Waals surface area (Å²) in [7, 11) is 1.36. The molecule has 0 aliphatic rings. The predicted molar refractivity (Wildman–Crippen MR) is 69.7 cm³/mol. The SMILES string of the molecule is CCNC(=O)COc1cc([N+](=O)[O-])c(CO)cc1OC. The minimum atomic E-state index is -0.635. The number of carbonyl (C=O) groups excluding carboxylic acids is 1. The zero-order chi connectivity index (χ0) is 15.1. The standard InChI is InChI=1S/C12H16N2O6/c1-3-13-12(16)7-20-11-5-9(14(17)18)8(6-15)4-10(11)19-2/h4-5,15H,3,6-7H2,1-2H3,(H,13,16). The van der Waals surface area contributed by atoms with Gasteiger partial charge in [0.05, 0.1) is 30.3 Å². The lowest BCUT2D eigenvalue weighted by molar-refractivity contribution is -0.385. The van der Waals surface area contributed by atoms with Crippen molar-refractivity contribution in [3.63, 3.8) is 0 Å². The minimum Gasteiger partial charge on any atom is -0.493 e. The van der Waals surface area contributed by atoms with E-state index >= 15 is 0 Å². The molecular weight excluding hydrogens is 268 g/mol. The van der Waals surface area contributed by atoms with E-state index in [0.29, 0.717) is 6.54 Å². The molecule has 0 aliphatic carbocycles. The molecule has 1 amide bonds. The molecule has 110 valence electrons. The second kappa shape index (κ2) is 7.29. The molecule has 0 aliphatic heterocycles. The van der Waals surface area contributed by atoms with E-state index in [2.05, 4.69) is 5.32 Å². The Bertz CT molecular complexity index is 503. The molecule has 2 N–H and O–H groups in total. The molecule has 0 unspecified atom stereocenters. The molecule has 0 saturated carbocycles. The highest BCUT2D eigenvalue weighted by Crippen LogP contribution is 2.34. The van der Waals surface area contributed by atoms with Crippen LogP contribution in [0.4, 0.5) is 5.69 Å². The number of aliphatic hydroxyl groups excluding tert-OH is 1. The number of amides is 1. The van der Waals surface area contributed by atoms with Gasteiger partial charge in [-0.1, -0.05) is 0 Å². The summed E-state index contributed by atoms with van der Waals surface area (Å²) in [6.07, 6.45) is 0. The second-order valence-corrected chi connectivity index (χ2v) is 3.79. The maximum Gasteiger partial charge on any atom is 0.278 e. The van der Waals surface area contributed by atoms with Gasteiger partial charge in [-0.05, 0) is 13.0 Å². The van der Waals surface area contributed by atoms with E-state index in [9.17, 15) is 14.9 Å². The molecular formula is C12H16N2O6. The van der Waals surface area contributed by atoms with Crippen LogP contribution in [0.2, 0.25) is 0 Å². The number of nitro groups is 1. The van der Waals surface area contributed by atoms with Crippen LogP contribution in [0.1, 0.15) is 12.5 Å². The van der Waals surface area contributed by atoms with E-state index in [0.717, 1.165) is 6.07 Å². The number of carbonyl (C=O) groups is 1. The Hall–Kier alpha value is -2.35. The Balaban J connectivity index is 3.02. The lowest BCUT2D eigenvalue weighted by Gasteiger charge is -2.12. The van der Waals surface area contributed by atoms with Crippen LogP contribution in [-0.4, -0.2) is 36.2 Å². The maximum absolute atomic E-state index is 11.3. The average Bonchev–Trinajstić information content (AvgIpc) is 2.44. The fraction of sp³-hybridized carbons (Fsp3) is 0.417. The number of benzene rings is 1. The number of nitrogens with one attached hydrogen (secondary N) is 1. The van der Waals surface area contributed by atoms with Gasteiger partial charge in [0.1, 0.15) is 0 Å².